The summed E-state index contributed by atoms with van der Waals surface area (Å²) in [5, 5.41) is 7.28. The van der Waals surface area contributed by atoms with Gasteiger partial charge in [0.25, 0.3) is 5.91 Å². The first kappa shape index (κ1) is 31.9. The summed E-state index contributed by atoms with van der Waals surface area (Å²) in [6.45, 7) is 9.99. The Bertz CT molecular complexity index is 1710. The summed E-state index contributed by atoms with van der Waals surface area (Å²) in [6.07, 6.45) is 7.60. The number of benzene rings is 1. The number of piperidine rings is 1. The number of likely N-dealkylation sites (tertiary alicyclic amines) is 1. The molecule has 45 heavy (non-hydrogen) atoms. The lowest BCUT2D eigenvalue weighted by molar-refractivity contribution is -0.130. The topological polar surface area (TPSA) is 120 Å². The molecule has 4 heterocycles. The van der Waals surface area contributed by atoms with Gasteiger partial charge in [-0.05, 0) is 98.2 Å². The van der Waals surface area contributed by atoms with Gasteiger partial charge in [0.15, 0.2) is 0 Å². The Kier molecular flexibility index (Phi) is 8.73. The monoisotopic (exact) mass is 651 g/mol. The van der Waals surface area contributed by atoms with E-state index in [1.54, 1.807) is 18.2 Å². The second-order valence-corrected chi connectivity index (χ2v) is 17.2. The summed E-state index contributed by atoms with van der Waals surface area (Å²) in [4.78, 5) is 35.3. The van der Waals surface area contributed by atoms with Gasteiger partial charge in [-0.2, -0.15) is 0 Å². The largest absolute Gasteiger partial charge is 0.356 e. The number of hydrogen-bond acceptors (Lipinski definition) is 7. The Balaban J connectivity index is 1.22. The first-order chi connectivity index (χ1) is 21.3. The van der Waals surface area contributed by atoms with Crippen molar-refractivity contribution in [1.82, 2.24) is 20.5 Å². The number of carbonyl (C=O) groups excluding carboxylic acids is 2. The molecule has 1 spiro atoms. The van der Waals surface area contributed by atoms with Crippen LogP contribution in [0.15, 0.2) is 36.4 Å². The number of rotatable bonds is 8. The zero-order valence-corrected chi connectivity index (χ0v) is 28.4. The van der Waals surface area contributed by atoms with Gasteiger partial charge in [-0.1, -0.05) is 32.9 Å². The summed E-state index contributed by atoms with van der Waals surface area (Å²) >= 11 is 1.42. The van der Waals surface area contributed by atoms with E-state index in [0.29, 0.717) is 29.4 Å². The molecule has 2 unspecified atom stereocenters. The van der Waals surface area contributed by atoms with E-state index in [-0.39, 0.29) is 28.7 Å². The maximum atomic E-state index is 13.8. The molecular weight excluding hydrogens is 607 g/mol. The summed E-state index contributed by atoms with van der Waals surface area (Å²) in [7, 11) is -3.46. The van der Waals surface area contributed by atoms with Gasteiger partial charge < -0.3 is 15.5 Å². The third-order valence-electron chi connectivity index (χ3n) is 9.98. The fourth-order valence-electron chi connectivity index (χ4n) is 7.39. The number of carbonyl (C=O) groups is 2. The molecule has 3 aliphatic rings. The summed E-state index contributed by atoms with van der Waals surface area (Å²) in [6, 6.07) is 11.1. The Morgan fingerprint density at radius 1 is 1.22 bits per heavy atom. The number of sulfonamides is 1. The van der Waals surface area contributed by atoms with Crippen molar-refractivity contribution in [2.45, 2.75) is 71.8 Å². The molecule has 2 aliphatic heterocycles. The van der Waals surface area contributed by atoms with Crippen molar-refractivity contribution in [2.75, 3.05) is 37.2 Å². The van der Waals surface area contributed by atoms with Crippen molar-refractivity contribution in [3.8, 4) is 0 Å². The van der Waals surface area contributed by atoms with E-state index in [2.05, 4.69) is 47.1 Å². The maximum absolute atomic E-state index is 13.8. The van der Waals surface area contributed by atoms with E-state index in [0.717, 1.165) is 85.9 Å². The molecule has 3 atom stereocenters. The van der Waals surface area contributed by atoms with Crippen LogP contribution in [0.2, 0.25) is 0 Å². The highest BCUT2D eigenvalue weighted by Crippen LogP contribution is 2.39. The number of nitrogens with zero attached hydrogens (tertiary/aromatic N) is 2. The highest BCUT2D eigenvalue weighted by atomic mass is 32.2. The third kappa shape index (κ3) is 7.20. The van der Waals surface area contributed by atoms with Crippen LogP contribution in [0, 0.1) is 16.7 Å². The number of fused-ring (bicyclic) bond motifs is 2. The summed E-state index contributed by atoms with van der Waals surface area (Å²) in [5.74, 6) is 0.600. The second kappa shape index (κ2) is 12.3. The lowest BCUT2D eigenvalue weighted by Crippen LogP contribution is -2.47. The molecule has 11 heteroatoms. The van der Waals surface area contributed by atoms with Crippen LogP contribution in [0.5, 0.6) is 0 Å². The van der Waals surface area contributed by atoms with Gasteiger partial charge in [0.1, 0.15) is 4.83 Å². The van der Waals surface area contributed by atoms with E-state index in [1.165, 1.54) is 16.9 Å². The molecule has 9 nitrogen and oxygen atoms in total. The number of aromatic nitrogens is 1. The van der Waals surface area contributed by atoms with E-state index in [4.69, 9.17) is 4.98 Å². The summed E-state index contributed by atoms with van der Waals surface area (Å²) < 4.78 is 26.5. The van der Waals surface area contributed by atoms with Crippen LogP contribution >= 0.6 is 11.3 Å². The van der Waals surface area contributed by atoms with Crippen molar-refractivity contribution >= 4 is 49.1 Å². The Morgan fingerprint density at radius 2 is 2.04 bits per heavy atom. The van der Waals surface area contributed by atoms with E-state index in [9.17, 15) is 18.0 Å². The van der Waals surface area contributed by atoms with Gasteiger partial charge in [0.05, 0.1) is 22.6 Å². The van der Waals surface area contributed by atoms with Crippen molar-refractivity contribution in [3.63, 3.8) is 0 Å². The van der Waals surface area contributed by atoms with Crippen molar-refractivity contribution in [2.24, 2.45) is 16.7 Å². The van der Waals surface area contributed by atoms with Gasteiger partial charge in [-0.15, -0.1) is 11.3 Å². The van der Waals surface area contributed by atoms with Crippen LogP contribution in [0.4, 0.5) is 5.69 Å². The second-order valence-electron chi connectivity index (χ2n) is 14.4. The number of amides is 2. The minimum absolute atomic E-state index is 0.158. The van der Waals surface area contributed by atoms with Gasteiger partial charge in [-0.25, -0.2) is 13.4 Å². The highest BCUT2D eigenvalue weighted by Gasteiger charge is 2.45. The zero-order valence-electron chi connectivity index (χ0n) is 26.7. The van der Waals surface area contributed by atoms with Crippen LogP contribution in [0.3, 0.4) is 0 Å². The first-order valence-electron chi connectivity index (χ1n) is 16.1. The quantitative estimate of drug-likeness (QED) is 0.305. The Hall–Kier alpha value is -3.02. The molecule has 6 rings (SSSR count). The minimum Gasteiger partial charge on any atom is -0.356 e. The lowest BCUT2D eigenvalue weighted by Gasteiger charge is -2.39. The third-order valence-corrected chi connectivity index (χ3v) is 11.6. The standard InChI is InChI=1S/C34H45N5O4S2/c1-33(2,3)25-9-10-27-23(18-25)17-24-20-29(44-31(24)37-27)30(40)36-28(22-7-5-8-26(19-22)38-45(4,42)43)11-16-39-15-6-12-34(21-39)13-14-35-32(34)41/h5,7-8,17,19-20,25,28,38H,6,9-16,18,21H2,1-4H3,(H,35,41)(H,36,40)/t25-,28?,34?/m0/s1. The van der Waals surface area contributed by atoms with Crippen LogP contribution in [-0.4, -0.2) is 62.6 Å². The molecule has 0 saturated carbocycles. The van der Waals surface area contributed by atoms with E-state index < -0.39 is 10.0 Å². The molecule has 3 aromatic rings. The molecule has 0 bridgehead atoms. The van der Waals surface area contributed by atoms with E-state index >= 15 is 0 Å². The van der Waals surface area contributed by atoms with Gasteiger partial charge in [0, 0.05) is 36.4 Å². The van der Waals surface area contributed by atoms with Gasteiger partial charge in [-0.3, -0.25) is 14.3 Å². The number of pyridine rings is 1. The fourth-order valence-corrected chi connectivity index (χ4v) is 8.89. The van der Waals surface area contributed by atoms with Crippen LogP contribution in [0.25, 0.3) is 10.2 Å². The van der Waals surface area contributed by atoms with Crippen LogP contribution in [-0.2, 0) is 27.7 Å². The molecule has 2 fully saturated rings. The normalized spacial score (nSPS) is 23.1. The van der Waals surface area contributed by atoms with Crippen molar-refractivity contribution < 1.29 is 18.0 Å². The number of nitrogens with one attached hydrogen (secondary N) is 3. The molecule has 2 aromatic heterocycles. The van der Waals surface area contributed by atoms with Crippen molar-refractivity contribution in [3.05, 3.63) is 58.1 Å². The number of anilines is 1. The number of hydrogen-bond donors (Lipinski definition) is 3. The van der Waals surface area contributed by atoms with E-state index in [1.807, 2.05) is 12.1 Å². The molecular formula is C34H45N5O4S2. The number of aryl methyl sites for hydroxylation is 1. The molecule has 2 amide bonds. The molecule has 2 saturated heterocycles. The van der Waals surface area contributed by atoms with Crippen LogP contribution < -0.4 is 15.4 Å². The summed E-state index contributed by atoms with van der Waals surface area (Å²) in [5.41, 5.74) is 3.66. The number of thiophene rings is 1. The highest BCUT2D eigenvalue weighted by molar-refractivity contribution is 7.92. The lowest BCUT2D eigenvalue weighted by atomic mass is 9.71. The predicted octanol–water partition coefficient (Wildman–Crippen LogP) is 5.28. The minimum atomic E-state index is -3.46. The average Bonchev–Trinajstić information content (AvgIpc) is 3.54. The zero-order chi connectivity index (χ0) is 32.0. The Morgan fingerprint density at radius 3 is 2.78 bits per heavy atom. The predicted molar refractivity (Wildman–Crippen MR) is 180 cm³/mol. The molecule has 3 N–H and O–H groups in total. The fraction of sp³-hybridized carbons (Fsp3) is 0.559. The SMILES string of the molecule is CC(C)(C)[C@H]1CCc2nc3sc(C(=O)NC(CCN4CCCC5(CCNC5=O)C4)c4cccc(NS(C)(=O)=O)c4)cc3cc2C1. The van der Waals surface area contributed by atoms with Crippen LogP contribution in [0.1, 0.15) is 85.4 Å². The molecule has 1 aliphatic carbocycles. The molecule has 1 aromatic carbocycles. The Labute approximate surface area is 270 Å². The molecule has 0 radical (unpaired) electrons. The van der Waals surface area contributed by atoms with Crippen molar-refractivity contribution in [1.29, 1.82) is 0 Å². The average molecular weight is 652 g/mol. The smallest absolute Gasteiger partial charge is 0.261 e. The maximum Gasteiger partial charge on any atom is 0.261 e. The van der Waals surface area contributed by atoms with Gasteiger partial charge in [0.2, 0.25) is 15.9 Å². The molecule has 242 valence electrons. The van der Waals surface area contributed by atoms with Gasteiger partial charge >= 0.3 is 0 Å². The first-order valence-corrected chi connectivity index (χ1v) is 18.8.